The Morgan fingerprint density at radius 3 is 2.73 bits per heavy atom. The van der Waals surface area contributed by atoms with E-state index in [1.54, 1.807) is 6.07 Å². The molecule has 1 aliphatic heterocycles. The van der Waals surface area contributed by atoms with E-state index in [4.69, 9.17) is 10.5 Å². The molecule has 2 rings (SSSR count). The zero-order valence-electron chi connectivity index (χ0n) is 8.48. The van der Waals surface area contributed by atoms with Crippen LogP contribution in [-0.2, 0) is 4.74 Å². The number of nitrogens with zero attached hydrogens (tertiary/aromatic N) is 1. The molecule has 4 nitrogen and oxygen atoms in total. The Hall–Kier alpha value is -1.55. The van der Waals surface area contributed by atoms with Gasteiger partial charge in [-0.1, -0.05) is 0 Å². The molecule has 1 aromatic carbocycles. The molecule has 0 saturated carbocycles. The van der Waals surface area contributed by atoms with Crippen molar-refractivity contribution >= 4 is 17.7 Å². The van der Waals surface area contributed by atoms with E-state index in [1.165, 1.54) is 0 Å². The first-order valence-corrected chi connectivity index (χ1v) is 4.98. The molecule has 0 bridgehead atoms. The highest BCUT2D eigenvalue weighted by Crippen LogP contribution is 2.20. The normalized spacial score (nSPS) is 16.4. The van der Waals surface area contributed by atoms with Gasteiger partial charge in [-0.15, -0.1) is 0 Å². The lowest BCUT2D eigenvalue weighted by Crippen LogP contribution is -2.36. The molecule has 15 heavy (non-hydrogen) atoms. The Morgan fingerprint density at radius 2 is 2.07 bits per heavy atom. The van der Waals surface area contributed by atoms with Gasteiger partial charge in [0.15, 0.2) is 6.29 Å². The largest absolute Gasteiger partial charge is 0.398 e. The van der Waals surface area contributed by atoms with Gasteiger partial charge in [-0.25, -0.2) is 0 Å². The maximum atomic E-state index is 10.7. The van der Waals surface area contributed by atoms with Gasteiger partial charge >= 0.3 is 0 Å². The van der Waals surface area contributed by atoms with Crippen molar-refractivity contribution in [2.75, 3.05) is 36.9 Å². The highest BCUT2D eigenvalue weighted by Gasteiger charge is 2.11. The standard InChI is InChI=1S/C11H14N2O2/c12-11-2-1-10(7-9(11)8-14)13-3-5-15-6-4-13/h1-2,7-8H,3-6,12H2. The van der Waals surface area contributed by atoms with Crippen molar-refractivity contribution < 1.29 is 9.53 Å². The summed E-state index contributed by atoms with van der Waals surface area (Å²) in [7, 11) is 0. The molecule has 4 heteroatoms. The molecule has 1 aliphatic rings. The number of nitrogen functional groups attached to an aromatic ring is 1. The summed E-state index contributed by atoms with van der Waals surface area (Å²) in [4.78, 5) is 12.9. The van der Waals surface area contributed by atoms with Crippen LogP contribution in [0.3, 0.4) is 0 Å². The van der Waals surface area contributed by atoms with E-state index in [0.29, 0.717) is 11.3 Å². The molecule has 0 atom stereocenters. The number of hydrogen-bond donors (Lipinski definition) is 1. The highest BCUT2D eigenvalue weighted by atomic mass is 16.5. The molecule has 0 spiro atoms. The number of hydrogen-bond acceptors (Lipinski definition) is 4. The number of anilines is 2. The van der Waals surface area contributed by atoms with Crippen LogP contribution in [0.2, 0.25) is 0 Å². The van der Waals surface area contributed by atoms with E-state index in [9.17, 15) is 4.79 Å². The van der Waals surface area contributed by atoms with Crippen molar-refractivity contribution in [2.24, 2.45) is 0 Å². The van der Waals surface area contributed by atoms with Gasteiger partial charge in [0.2, 0.25) is 0 Å². The molecular formula is C11H14N2O2. The number of ether oxygens (including phenoxy) is 1. The maximum Gasteiger partial charge on any atom is 0.152 e. The molecule has 0 unspecified atom stereocenters. The van der Waals surface area contributed by atoms with Crippen molar-refractivity contribution in [3.8, 4) is 0 Å². The summed E-state index contributed by atoms with van der Waals surface area (Å²) in [5.74, 6) is 0. The zero-order chi connectivity index (χ0) is 10.7. The first-order chi connectivity index (χ1) is 7.31. The van der Waals surface area contributed by atoms with Crippen LogP contribution < -0.4 is 10.6 Å². The molecule has 1 heterocycles. The number of rotatable bonds is 2. The molecule has 0 aromatic heterocycles. The Morgan fingerprint density at radius 1 is 1.33 bits per heavy atom. The van der Waals surface area contributed by atoms with Crippen molar-refractivity contribution in [3.05, 3.63) is 23.8 Å². The van der Waals surface area contributed by atoms with Crippen molar-refractivity contribution in [3.63, 3.8) is 0 Å². The fourth-order valence-electron chi connectivity index (χ4n) is 1.68. The third-order valence-corrected chi connectivity index (χ3v) is 2.57. The van der Waals surface area contributed by atoms with E-state index in [-0.39, 0.29) is 0 Å². The summed E-state index contributed by atoms with van der Waals surface area (Å²) in [5, 5.41) is 0. The predicted octanol–water partition coefficient (Wildman–Crippen LogP) is 0.918. The minimum absolute atomic E-state index is 0.530. The van der Waals surface area contributed by atoms with E-state index in [1.807, 2.05) is 12.1 Å². The molecule has 0 aliphatic carbocycles. The fourth-order valence-corrected chi connectivity index (χ4v) is 1.68. The minimum atomic E-state index is 0.530. The van der Waals surface area contributed by atoms with Crippen LogP contribution in [0, 0.1) is 0 Å². The Labute approximate surface area is 88.6 Å². The van der Waals surface area contributed by atoms with Crippen molar-refractivity contribution in [1.29, 1.82) is 0 Å². The maximum absolute atomic E-state index is 10.7. The summed E-state index contributed by atoms with van der Waals surface area (Å²) >= 11 is 0. The van der Waals surface area contributed by atoms with Crippen LogP contribution in [0.4, 0.5) is 11.4 Å². The topological polar surface area (TPSA) is 55.6 Å². The van der Waals surface area contributed by atoms with Gasteiger partial charge in [0.05, 0.1) is 13.2 Å². The van der Waals surface area contributed by atoms with Crippen molar-refractivity contribution in [1.82, 2.24) is 0 Å². The fraction of sp³-hybridized carbons (Fsp3) is 0.364. The minimum Gasteiger partial charge on any atom is -0.398 e. The molecular weight excluding hydrogens is 192 g/mol. The lowest BCUT2D eigenvalue weighted by Gasteiger charge is -2.29. The van der Waals surface area contributed by atoms with Crippen LogP contribution >= 0.6 is 0 Å². The first kappa shape index (κ1) is 9.98. The summed E-state index contributed by atoms with van der Waals surface area (Å²) < 4.78 is 5.27. The van der Waals surface area contributed by atoms with Crippen molar-refractivity contribution in [2.45, 2.75) is 0 Å². The number of benzene rings is 1. The van der Waals surface area contributed by atoms with Crippen LogP contribution in [0.25, 0.3) is 0 Å². The smallest absolute Gasteiger partial charge is 0.152 e. The quantitative estimate of drug-likeness (QED) is 0.577. The third-order valence-electron chi connectivity index (χ3n) is 2.57. The molecule has 0 amide bonds. The van der Waals surface area contributed by atoms with E-state index < -0.39 is 0 Å². The average Bonchev–Trinajstić information content (AvgIpc) is 2.31. The summed E-state index contributed by atoms with van der Waals surface area (Å²) in [6, 6.07) is 5.54. The number of carbonyl (C=O) groups excluding carboxylic acids is 1. The Balaban J connectivity index is 2.23. The number of aldehydes is 1. The van der Waals surface area contributed by atoms with E-state index in [0.717, 1.165) is 38.3 Å². The lowest BCUT2D eigenvalue weighted by atomic mass is 10.1. The van der Waals surface area contributed by atoms with Crippen LogP contribution in [0.5, 0.6) is 0 Å². The van der Waals surface area contributed by atoms with Gasteiger partial charge < -0.3 is 15.4 Å². The molecule has 0 radical (unpaired) electrons. The second kappa shape index (κ2) is 4.31. The van der Waals surface area contributed by atoms with Gasteiger partial charge in [-0.3, -0.25) is 4.79 Å². The SMILES string of the molecule is Nc1ccc(N2CCOCC2)cc1C=O. The van der Waals surface area contributed by atoms with Gasteiger partial charge in [-0.05, 0) is 18.2 Å². The molecule has 80 valence electrons. The number of morpholine rings is 1. The van der Waals surface area contributed by atoms with Gasteiger partial charge in [0, 0.05) is 30.0 Å². The molecule has 2 N–H and O–H groups in total. The third kappa shape index (κ3) is 2.10. The summed E-state index contributed by atoms with van der Waals surface area (Å²) in [6.07, 6.45) is 0.791. The molecule has 1 saturated heterocycles. The second-order valence-electron chi connectivity index (χ2n) is 3.53. The summed E-state index contributed by atoms with van der Waals surface area (Å²) in [6.45, 7) is 3.20. The lowest BCUT2D eigenvalue weighted by molar-refractivity contribution is 0.112. The number of carbonyl (C=O) groups is 1. The van der Waals surface area contributed by atoms with E-state index >= 15 is 0 Å². The zero-order valence-corrected chi connectivity index (χ0v) is 8.48. The summed E-state index contributed by atoms with van der Waals surface area (Å²) in [5.41, 5.74) is 7.78. The van der Waals surface area contributed by atoms with Crippen LogP contribution in [-0.4, -0.2) is 32.6 Å². The number of nitrogens with two attached hydrogens (primary N) is 1. The van der Waals surface area contributed by atoms with E-state index in [2.05, 4.69) is 4.90 Å². The predicted molar refractivity (Wildman–Crippen MR) is 59.3 cm³/mol. The Bertz CT molecular complexity index is 360. The molecule has 1 aromatic rings. The van der Waals surface area contributed by atoms with Crippen LogP contribution in [0.1, 0.15) is 10.4 Å². The average molecular weight is 206 g/mol. The van der Waals surface area contributed by atoms with Gasteiger partial charge in [-0.2, -0.15) is 0 Å². The Kier molecular flexibility index (Phi) is 2.87. The second-order valence-corrected chi connectivity index (χ2v) is 3.53. The monoisotopic (exact) mass is 206 g/mol. The highest BCUT2D eigenvalue weighted by molar-refractivity contribution is 5.85. The van der Waals surface area contributed by atoms with Gasteiger partial charge in [0.1, 0.15) is 0 Å². The first-order valence-electron chi connectivity index (χ1n) is 4.98. The van der Waals surface area contributed by atoms with Crippen LogP contribution in [0.15, 0.2) is 18.2 Å². The van der Waals surface area contributed by atoms with Gasteiger partial charge in [0.25, 0.3) is 0 Å². The molecule has 1 fully saturated rings.